The summed E-state index contributed by atoms with van der Waals surface area (Å²) in [6.45, 7) is 1.55. The van der Waals surface area contributed by atoms with Crippen LogP contribution in [0.1, 0.15) is 25.3 Å². The molecule has 32 heavy (non-hydrogen) atoms. The van der Waals surface area contributed by atoms with Crippen LogP contribution in [-0.2, 0) is 4.79 Å². The number of hydrogen-bond donors (Lipinski definition) is 5. The van der Waals surface area contributed by atoms with Crippen molar-refractivity contribution >= 4 is 16.7 Å². The molecule has 1 atom stereocenters. The Morgan fingerprint density at radius 1 is 1.06 bits per heavy atom. The summed E-state index contributed by atoms with van der Waals surface area (Å²) < 4.78 is 14.2. The fourth-order valence-electron chi connectivity index (χ4n) is 3.71. The fourth-order valence-corrected chi connectivity index (χ4v) is 3.71. The van der Waals surface area contributed by atoms with E-state index in [0.29, 0.717) is 16.6 Å². The van der Waals surface area contributed by atoms with Gasteiger partial charge in [0.25, 0.3) is 5.56 Å². The van der Waals surface area contributed by atoms with Gasteiger partial charge in [-0.2, -0.15) is 0 Å². The molecular weight excluding hydrogens is 415 g/mol. The zero-order chi connectivity index (χ0) is 23.5. The van der Waals surface area contributed by atoms with E-state index in [9.17, 15) is 29.3 Å². The number of aliphatic hydroxyl groups excluding tert-OH is 3. The van der Waals surface area contributed by atoms with E-state index in [1.54, 1.807) is 56.3 Å². The number of aliphatic hydroxyl groups is 3. The molecule has 0 aliphatic heterocycles. The Morgan fingerprint density at radius 2 is 1.75 bits per heavy atom. The average molecular weight is 442 g/mol. The van der Waals surface area contributed by atoms with E-state index >= 15 is 0 Å². The highest BCUT2D eigenvalue weighted by atomic mass is 19.1. The SMILES string of the molecule is CC(C)C(C(=O)NC(CO)(CO)CO)c1ccc(-c2ccc3cccc(F)c3c2)[nH]c1=O. The Bertz CT molecular complexity index is 1160. The Labute approximate surface area is 184 Å². The smallest absolute Gasteiger partial charge is 0.252 e. The van der Waals surface area contributed by atoms with Crippen molar-refractivity contribution in [2.45, 2.75) is 25.3 Å². The molecule has 3 aromatic rings. The summed E-state index contributed by atoms with van der Waals surface area (Å²) in [4.78, 5) is 28.6. The number of rotatable bonds is 8. The van der Waals surface area contributed by atoms with Crippen LogP contribution in [0, 0.1) is 11.7 Å². The minimum atomic E-state index is -1.59. The average Bonchev–Trinajstić information content (AvgIpc) is 2.78. The number of nitrogens with one attached hydrogen (secondary N) is 2. The van der Waals surface area contributed by atoms with Crippen molar-refractivity contribution in [3.05, 3.63) is 70.3 Å². The largest absolute Gasteiger partial charge is 0.394 e. The summed E-state index contributed by atoms with van der Waals surface area (Å²) in [5, 5.41) is 32.1. The van der Waals surface area contributed by atoms with Gasteiger partial charge in [0.15, 0.2) is 0 Å². The van der Waals surface area contributed by atoms with Crippen molar-refractivity contribution in [2.24, 2.45) is 5.92 Å². The van der Waals surface area contributed by atoms with Crippen molar-refractivity contribution in [1.29, 1.82) is 0 Å². The molecule has 0 aliphatic rings. The molecule has 0 radical (unpaired) electrons. The maximum absolute atomic E-state index is 14.2. The highest BCUT2D eigenvalue weighted by Gasteiger charge is 2.35. The zero-order valence-corrected chi connectivity index (χ0v) is 17.9. The molecule has 1 amide bonds. The van der Waals surface area contributed by atoms with Gasteiger partial charge >= 0.3 is 0 Å². The van der Waals surface area contributed by atoms with E-state index in [1.807, 2.05) is 0 Å². The first-order valence-electron chi connectivity index (χ1n) is 10.3. The Morgan fingerprint density at radius 3 is 2.34 bits per heavy atom. The van der Waals surface area contributed by atoms with Crippen LogP contribution in [-0.4, -0.2) is 51.6 Å². The quantitative estimate of drug-likeness (QED) is 0.365. The summed E-state index contributed by atoms with van der Waals surface area (Å²) in [6, 6.07) is 13.2. The van der Waals surface area contributed by atoms with Gasteiger partial charge in [0.1, 0.15) is 11.4 Å². The predicted octanol–water partition coefficient (Wildman–Crippen LogP) is 1.91. The van der Waals surface area contributed by atoms with Gasteiger partial charge in [0, 0.05) is 16.6 Å². The number of hydrogen-bond acceptors (Lipinski definition) is 5. The van der Waals surface area contributed by atoms with E-state index in [0.717, 1.165) is 5.39 Å². The van der Waals surface area contributed by atoms with Crippen LogP contribution in [0.25, 0.3) is 22.0 Å². The molecule has 0 fully saturated rings. The summed E-state index contributed by atoms with van der Waals surface area (Å²) in [5.74, 6) is -2.13. The van der Waals surface area contributed by atoms with Crippen molar-refractivity contribution in [3.63, 3.8) is 0 Å². The van der Waals surface area contributed by atoms with Crippen molar-refractivity contribution < 1.29 is 24.5 Å². The molecule has 0 aliphatic carbocycles. The Hall–Kier alpha value is -3.07. The minimum Gasteiger partial charge on any atom is -0.394 e. The van der Waals surface area contributed by atoms with Gasteiger partial charge in [-0.1, -0.05) is 44.2 Å². The maximum atomic E-state index is 14.2. The highest BCUT2D eigenvalue weighted by Crippen LogP contribution is 2.27. The van der Waals surface area contributed by atoms with Crippen molar-refractivity contribution in [3.8, 4) is 11.3 Å². The third-order valence-corrected chi connectivity index (χ3v) is 5.66. The number of benzene rings is 2. The maximum Gasteiger partial charge on any atom is 0.252 e. The molecule has 0 spiro atoms. The third-order valence-electron chi connectivity index (χ3n) is 5.66. The van der Waals surface area contributed by atoms with E-state index in [1.165, 1.54) is 6.07 Å². The second-order valence-corrected chi connectivity index (χ2v) is 8.30. The molecule has 3 rings (SSSR count). The number of fused-ring (bicyclic) bond motifs is 1. The summed E-state index contributed by atoms with van der Waals surface area (Å²) in [6.07, 6.45) is 0. The lowest BCUT2D eigenvalue weighted by atomic mass is 9.87. The van der Waals surface area contributed by atoms with Crippen molar-refractivity contribution in [2.75, 3.05) is 19.8 Å². The molecule has 1 heterocycles. The van der Waals surface area contributed by atoms with Crippen LogP contribution < -0.4 is 10.9 Å². The fraction of sp³-hybridized carbons (Fsp3) is 0.333. The molecule has 2 aromatic carbocycles. The summed E-state index contributed by atoms with van der Waals surface area (Å²) >= 11 is 0. The molecule has 170 valence electrons. The summed E-state index contributed by atoms with van der Waals surface area (Å²) in [7, 11) is 0. The third kappa shape index (κ3) is 4.57. The zero-order valence-electron chi connectivity index (χ0n) is 17.9. The summed E-state index contributed by atoms with van der Waals surface area (Å²) in [5.41, 5.74) is -0.770. The standard InChI is InChI=1S/C24H27FN2O5/c1-14(2)21(23(32)27-24(11-28,12-29)13-30)17-8-9-20(26-22(17)31)16-7-6-15-4-3-5-19(25)18(15)10-16/h3-10,14,21,28-30H,11-13H2,1-2H3,(H,26,31)(H,27,32). The molecular formula is C24H27FN2O5. The molecule has 1 aromatic heterocycles. The van der Waals surface area contributed by atoms with Crippen LogP contribution in [0.15, 0.2) is 53.3 Å². The number of carbonyl (C=O) groups is 1. The van der Waals surface area contributed by atoms with Gasteiger partial charge in [0.05, 0.1) is 25.7 Å². The van der Waals surface area contributed by atoms with Crippen LogP contribution >= 0.6 is 0 Å². The topological polar surface area (TPSA) is 123 Å². The van der Waals surface area contributed by atoms with Gasteiger partial charge in [0.2, 0.25) is 5.91 Å². The first kappa shape index (κ1) is 23.6. The number of H-pyrrole nitrogens is 1. The highest BCUT2D eigenvalue weighted by molar-refractivity contribution is 5.87. The predicted molar refractivity (Wildman–Crippen MR) is 120 cm³/mol. The molecule has 0 saturated heterocycles. The van der Waals surface area contributed by atoms with Crippen molar-refractivity contribution in [1.82, 2.24) is 10.3 Å². The lowest BCUT2D eigenvalue weighted by Gasteiger charge is -2.31. The minimum absolute atomic E-state index is 0.205. The van der Waals surface area contributed by atoms with Crippen LogP contribution in [0.2, 0.25) is 0 Å². The molecule has 0 bridgehead atoms. The Kier molecular flexibility index (Phi) is 7.08. The molecule has 5 N–H and O–H groups in total. The van der Waals surface area contributed by atoms with E-state index in [4.69, 9.17) is 0 Å². The van der Waals surface area contributed by atoms with Gasteiger partial charge < -0.3 is 25.6 Å². The first-order valence-corrected chi connectivity index (χ1v) is 10.3. The van der Waals surface area contributed by atoms with Crippen LogP contribution in [0.5, 0.6) is 0 Å². The van der Waals surface area contributed by atoms with Gasteiger partial charge in [-0.3, -0.25) is 9.59 Å². The van der Waals surface area contributed by atoms with Crippen LogP contribution in [0.3, 0.4) is 0 Å². The number of aromatic amines is 1. The number of pyridine rings is 1. The monoisotopic (exact) mass is 442 g/mol. The number of amides is 1. The molecule has 0 saturated carbocycles. The molecule has 8 heteroatoms. The normalized spacial score (nSPS) is 12.8. The lowest BCUT2D eigenvalue weighted by Crippen LogP contribution is -2.58. The second-order valence-electron chi connectivity index (χ2n) is 8.30. The lowest BCUT2D eigenvalue weighted by molar-refractivity contribution is -0.127. The molecule has 7 nitrogen and oxygen atoms in total. The van der Waals surface area contributed by atoms with Gasteiger partial charge in [-0.25, -0.2) is 4.39 Å². The first-order chi connectivity index (χ1) is 15.2. The number of aromatic nitrogens is 1. The van der Waals surface area contributed by atoms with E-state index in [-0.39, 0.29) is 17.3 Å². The van der Waals surface area contributed by atoms with Gasteiger partial charge in [-0.15, -0.1) is 0 Å². The Balaban J connectivity index is 1.97. The molecule has 1 unspecified atom stereocenters. The number of halogens is 1. The van der Waals surface area contributed by atoms with E-state index < -0.39 is 42.7 Å². The van der Waals surface area contributed by atoms with E-state index in [2.05, 4.69) is 10.3 Å². The van der Waals surface area contributed by atoms with Gasteiger partial charge in [-0.05, 0) is 35.1 Å². The second kappa shape index (κ2) is 9.60. The number of carbonyl (C=O) groups excluding carboxylic acids is 1. The van der Waals surface area contributed by atoms with Crippen LogP contribution in [0.4, 0.5) is 4.39 Å².